The van der Waals surface area contributed by atoms with Crippen LogP contribution in [0.1, 0.15) is 30.4 Å². The zero-order valence-electron chi connectivity index (χ0n) is 10.6. The van der Waals surface area contributed by atoms with Gasteiger partial charge in [0.25, 0.3) is 0 Å². The smallest absolute Gasteiger partial charge is 0.129 e. The summed E-state index contributed by atoms with van der Waals surface area (Å²) in [5, 5.41) is 0. The molecule has 1 heterocycles. The molecule has 1 unspecified atom stereocenters. The molecule has 0 aromatic heterocycles. The van der Waals surface area contributed by atoms with Crippen LogP contribution in [-0.4, -0.2) is 24.3 Å². The van der Waals surface area contributed by atoms with Crippen LogP contribution in [0, 0.1) is 6.92 Å². The highest BCUT2D eigenvalue weighted by Gasteiger charge is 2.15. The van der Waals surface area contributed by atoms with Crippen molar-refractivity contribution in [2.45, 2.75) is 32.3 Å². The van der Waals surface area contributed by atoms with Gasteiger partial charge in [-0.25, -0.2) is 0 Å². The highest BCUT2D eigenvalue weighted by atomic mass is 32.1. The van der Waals surface area contributed by atoms with Crippen molar-refractivity contribution >= 4 is 17.2 Å². The molecule has 3 nitrogen and oxygen atoms in total. The van der Waals surface area contributed by atoms with E-state index in [0.29, 0.717) is 11.6 Å². The average molecular weight is 265 g/mol. The third-order valence-corrected chi connectivity index (χ3v) is 3.32. The Labute approximate surface area is 113 Å². The summed E-state index contributed by atoms with van der Waals surface area (Å²) in [4.78, 5) is 0.373. The normalized spacial score (nSPS) is 19.5. The maximum absolute atomic E-state index is 5.80. The largest absolute Gasteiger partial charge is 0.490 e. The maximum Gasteiger partial charge on any atom is 0.129 e. The monoisotopic (exact) mass is 265 g/mol. The Morgan fingerprint density at radius 1 is 1.50 bits per heavy atom. The third kappa shape index (κ3) is 3.43. The van der Waals surface area contributed by atoms with Crippen LogP contribution in [-0.2, 0) is 4.74 Å². The molecule has 1 atom stereocenters. The quantitative estimate of drug-likeness (QED) is 0.850. The van der Waals surface area contributed by atoms with Crippen LogP contribution in [0.25, 0.3) is 0 Å². The van der Waals surface area contributed by atoms with Gasteiger partial charge in [0.1, 0.15) is 17.3 Å². The first-order valence-electron chi connectivity index (χ1n) is 6.31. The molecule has 4 heteroatoms. The van der Waals surface area contributed by atoms with E-state index in [4.69, 9.17) is 27.4 Å². The lowest BCUT2D eigenvalue weighted by atomic mass is 10.1. The Morgan fingerprint density at radius 2 is 2.33 bits per heavy atom. The molecule has 0 aliphatic carbocycles. The van der Waals surface area contributed by atoms with E-state index < -0.39 is 0 Å². The van der Waals surface area contributed by atoms with E-state index in [-0.39, 0.29) is 6.10 Å². The standard InChI is InChI=1S/C14H19NO2S/c1-10-5-6-13(12(8-10)14(15)18)17-9-11-4-2-3-7-16-11/h5-6,8,11H,2-4,7,9H2,1H3,(H2,15,18). The molecule has 0 saturated carbocycles. The highest BCUT2D eigenvalue weighted by Crippen LogP contribution is 2.21. The molecular formula is C14H19NO2S. The zero-order valence-corrected chi connectivity index (χ0v) is 11.5. The minimum atomic E-state index is 0.194. The third-order valence-electron chi connectivity index (χ3n) is 3.10. The molecule has 98 valence electrons. The number of hydrogen-bond donors (Lipinski definition) is 1. The zero-order chi connectivity index (χ0) is 13.0. The van der Waals surface area contributed by atoms with Gasteiger partial charge in [0.2, 0.25) is 0 Å². The fourth-order valence-electron chi connectivity index (χ4n) is 2.08. The van der Waals surface area contributed by atoms with Gasteiger partial charge in [-0.15, -0.1) is 0 Å². The van der Waals surface area contributed by atoms with Gasteiger partial charge in [0.15, 0.2) is 0 Å². The Hall–Kier alpha value is -1.13. The lowest BCUT2D eigenvalue weighted by Crippen LogP contribution is -2.26. The summed E-state index contributed by atoms with van der Waals surface area (Å²) in [6.07, 6.45) is 3.62. The predicted molar refractivity (Wildman–Crippen MR) is 76.2 cm³/mol. The van der Waals surface area contributed by atoms with Crippen molar-refractivity contribution in [3.05, 3.63) is 29.3 Å². The summed E-state index contributed by atoms with van der Waals surface area (Å²) >= 11 is 5.05. The fraction of sp³-hybridized carbons (Fsp3) is 0.500. The van der Waals surface area contributed by atoms with E-state index in [1.807, 2.05) is 25.1 Å². The van der Waals surface area contributed by atoms with Crippen LogP contribution in [0.3, 0.4) is 0 Å². The first kappa shape index (κ1) is 13.3. The van der Waals surface area contributed by atoms with Gasteiger partial charge >= 0.3 is 0 Å². The van der Waals surface area contributed by atoms with E-state index in [0.717, 1.165) is 36.3 Å². The van der Waals surface area contributed by atoms with Crippen molar-refractivity contribution in [3.8, 4) is 5.75 Å². The summed E-state index contributed by atoms with van der Waals surface area (Å²) in [6.45, 7) is 3.42. The Balaban J connectivity index is 2.01. The lowest BCUT2D eigenvalue weighted by Gasteiger charge is -2.23. The number of thiocarbonyl (C=S) groups is 1. The van der Waals surface area contributed by atoms with Crippen LogP contribution >= 0.6 is 12.2 Å². The van der Waals surface area contributed by atoms with Crippen LogP contribution in [0.15, 0.2) is 18.2 Å². The molecule has 1 saturated heterocycles. The van der Waals surface area contributed by atoms with Crippen LogP contribution in [0.4, 0.5) is 0 Å². The van der Waals surface area contributed by atoms with Crippen LogP contribution < -0.4 is 10.5 Å². The number of rotatable bonds is 4. The van der Waals surface area contributed by atoms with Crippen molar-refractivity contribution in [2.24, 2.45) is 5.73 Å². The van der Waals surface area contributed by atoms with Gasteiger partial charge < -0.3 is 15.2 Å². The van der Waals surface area contributed by atoms with Crippen LogP contribution in [0.2, 0.25) is 0 Å². The van der Waals surface area contributed by atoms with Gasteiger partial charge in [0.05, 0.1) is 11.7 Å². The number of hydrogen-bond acceptors (Lipinski definition) is 3. The fourth-order valence-corrected chi connectivity index (χ4v) is 2.24. The van der Waals surface area contributed by atoms with Gasteiger partial charge in [-0.1, -0.05) is 23.8 Å². The summed E-state index contributed by atoms with van der Waals surface area (Å²) in [5.41, 5.74) is 7.64. The molecule has 2 rings (SSSR count). The average Bonchev–Trinajstić information content (AvgIpc) is 2.38. The molecule has 0 bridgehead atoms. The van der Waals surface area contributed by atoms with Crippen molar-refractivity contribution in [1.29, 1.82) is 0 Å². The highest BCUT2D eigenvalue weighted by molar-refractivity contribution is 7.80. The molecule has 2 N–H and O–H groups in total. The Morgan fingerprint density at radius 3 is 3.00 bits per heavy atom. The molecule has 1 aliphatic heterocycles. The summed E-state index contributed by atoms with van der Waals surface area (Å²) in [6, 6.07) is 5.88. The number of ether oxygens (including phenoxy) is 2. The summed E-state index contributed by atoms with van der Waals surface area (Å²) < 4.78 is 11.4. The van der Waals surface area contributed by atoms with Crippen molar-refractivity contribution in [2.75, 3.05) is 13.2 Å². The Kier molecular flexibility index (Phi) is 4.55. The lowest BCUT2D eigenvalue weighted by molar-refractivity contribution is -0.0111. The number of benzene rings is 1. The van der Waals surface area contributed by atoms with E-state index in [1.165, 1.54) is 6.42 Å². The minimum Gasteiger partial charge on any atom is -0.490 e. The molecule has 1 fully saturated rings. The SMILES string of the molecule is Cc1ccc(OCC2CCCCO2)c(C(N)=S)c1. The second-order valence-electron chi connectivity index (χ2n) is 4.66. The molecule has 0 radical (unpaired) electrons. The van der Waals surface area contributed by atoms with E-state index >= 15 is 0 Å². The minimum absolute atomic E-state index is 0.194. The molecule has 18 heavy (non-hydrogen) atoms. The van der Waals surface area contributed by atoms with Crippen molar-refractivity contribution in [3.63, 3.8) is 0 Å². The van der Waals surface area contributed by atoms with Crippen molar-refractivity contribution < 1.29 is 9.47 Å². The van der Waals surface area contributed by atoms with Gasteiger partial charge in [0, 0.05) is 6.61 Å². The van der Waals surface area contributed by atoms with E-state index in [9.17, 15) is 0 Å². The molecule has 1 aliphatic rings. The molecule has 1 aromatic carbocycles. The number of aryl methyl sites for hydroxylation is 1. The van der Waals surface area contributed by atoms with E-state index in [1.54, 1.807) is 0 Å². The summed E-state index contributed by atoms with van der Waals surface area (Å²) in [7, 11) is 0. The van der Waals surface area contributed by atoms with Crippen molar-refractivity contribution in [1.82, 2.24) is 0 Å². The van der Waals surface area contributed by atoms with E-state index in [2.05, 4.69) is 0 Å². The molecular weight excluding hydrogens is 246 g/mol. The van der Waals surface area contributed by atoms with Gasteiger partial charge in [-0.2, -0.15) is 0 Å². The Bertz CT molecular complexity index is 428. The maximum atomic E-state index is 5.80. The second-order valence-corrected chi connectivity index (χ2v) is 5.10. The predicted octanol–water partition coefficient (Wildman–Crippen LogP) is 2.58. The number of nitrogens with two attached hydrogens (primary N) is 1. The first-order valence-corrected chi connectivity index (χ1v) is 6.72. The molecule has 0 spiro atoms. The summed E-state index contributed by atoms with van der Waals surface area (Å²) in [5.74, 6) is 0.752. The van der Waals surface area contributed by atoms with Crippen LogP contribution in [0.5, 0.6) is 5.75 Å². The topological polar surface area (TPSA) is 44.5 Å². The molecule has 1 aromatic rings. The second kappa shape index (κ2) is 6.16. The van der Waals surface area contributed by atoms with Gasteiger partial charge in [-0.3, -0.25) is 0 Å². The van der Waals surface area contributed by atoms with Gasteiger partial charge in [-0.05, 0) is 38.3 Å². The molecule has 0 amide bonds. The first-order chi connectivity index (χ1) is 8.66.